The first-order valence-corrected chi connectivity index (χ1v) is 11.1. The molecular weight excluding hydrogens is 503 g/mol. The number of carbonyl (C=O) groups is 1. The van der Waals surface area contributed by atoms with E-state index in [0.717, 1.165) is 5.56 Å². The molecule has 0 bridgehead atoms. The van der Waals surface area contributed by atoms with Gasteiger partial charge in [0, 0.05) is 16.2 Å². The first-order chi connectivity index (χ1) is 16.4. The number of rotatable bonds is 9. The lowest BCUT2D eigenvalue weighted by molar-refractivity contribution is -0.112. The third kappa shape index (κ3) is 6.59. The minimum absolute atomic E-state index is 0.0930. The van der Waals surface area contributed by atoms with Gasteiger partial charge in [-0.25, -0.2) is 4.39 Å². The predicted octanol–water partition coefficient (Wildman–Crippen LogP) is 6.12. The Morgan fingerprint density at radius 1 is 1.12 bits per heavy atom. The minimum atomic E-state index is -0.557. The fourth-order valence-corrected chi connectivity index (χ4v) is 3.45. The highest BCUT2D eigenvalue weighted by Gasteiger charge is 2.14. The van der Waals surface area contributed by atoms with Gasteiger partial charge in [-0.3, -0.25) is 4.79 Å². The zero-order valence-corrected chi connectivity index (χ0v) is 20.2. The third-order valence-corrected chi connectivity index (χ3v) is 5.35. The maximum Gasteiger partial charge on any atom is 0.266 e. The van der Waals surface area contributed by atoms with Gasteiger partial charge in [0.2, 0.25) is 0 Å². The van der Waals surface area contributed by atoms with E-state index in [9.17, 15) is 14.4 Å². The Morgan fingerprint density at radius 3 is 2.56 bits per heavy atom. The number of anilines is 1. The van der Waals surface area contributed by atoms with E-state index < -0.39 is 5.91 Å². The van der Waals surface area contributed by atoms with E-state index in [1.807, 2.05) is 13.0 Å². The molecule has 0 spiro atoms. The van der Waals surface area contributed by atoms with Crippen molar-refractivity contribution in [2.24, 2.45) is 0 Å². The van der Waals surface area contributed by atoms with Crippen LogP contribution >= 0.6 is 15.9 Å². The van der Waals surface area contributed by atoms with E-state index in [-0.39, 0.29) is 18.0 Å². The average Bonchev–Trinajstić information content (AvgIpc) is 2.83. The van der Waals surface area contributed by atoms with Crippen molar-refractivity contribution in [3.8, 4) is 23.3 Å². The van der Waals surface area contributed by atoms with Gasteiger partial charge in [-0.05, 0) is 60.5 Å². The zero-order valence-electron chi connectivity index (χ0n) is 18.6. The van der Waals surface area contributed by atoms with E-state index in [4.69, 9.17) is 14.2 Å². The van der Waals surface area contributed by atoms with E-state index in [1.165, 1.54) is 25.3 Å². The van der Waals surface area contributed by atoms with Crippen LogP contribution in [0.4, 0.5) is 10.1 Å². The van der Waals surface area contributed by atoms with Crippen LogP contribution in [0.2, 0.25) is 0 Å². The molecule has 8 heteroatoms. The molecule has 1 amide bonds. The lowest BCUT2D eigenvalue weighted by Crippen LogP contribution is -2.13. The lowest BCUT2D eigenvalue weighted by atomic mass is 10.1. The third-order valence-electron chi connectivity index (χ3n) is 4.66. The first kappa shape index (κ1) is 24.8. The van der Waals surface area contributed by atoms with Crippen LogP contribution < -0.4 is 19.5 Å². The van der Waals surface area contributed by atoms with Crippen molar-refractivity contribution in [2.75, 3.05) is 19.0 Å². The molecule has 34 heavy (non-hydrogen) atoms. The molecule has 0 atom stereocenters. The van der Waals surface area contributed by atoms with Crippen molar-refractivity contribution in [1.82, 2.24) is 0 Å². The monoisotopic (exact) mass is 524 g/mol. The highest BCUT2D eigenvalue weighted by atomic mass is 79.9. The number of carbonyl (C=O) groups excluding carboxylic acids is 1. The molecule has 3 aromatic rings. The summed E-state index contributed by atoms with van der Waals surface area (Å²) in [5.74, 6) is 0.606. The molecule has 0 aliphatic heterocycles. The zero-order chi connectivity index (χ0) is 24.5. The van der Waals surface area contributed by atoms with Gasteiger partial charge in [0.15, 0.2) is 11.5 Å². The summed E-state index contributed by atoms with van der Waals surface area (Å²) in [5.41, 5.74) is 1.77. The fourth-order valence-electron chi connectivity index (χ4n) is 3.01. The maximum absolute atomic E-state index is 13.1. The van der Waals surface area contributed by atoms with E-state index in [0.29, 0.717) is 39.6 Å². The molecule has 3 aromatic carbocycles. The lowest BCUT2D eigenvalue weighted by Gasteiger charge is -2.13. The molecule has 0 saturated heterocycles. The Hall–Kier alpha value is -3.83. The van der Waals surface area contributed by atoms with Crippen LogP contribution in [0.5, 0.6) is 17.2 Å². The molecule has 0 aliphatic carbocycles. The summed E-state index contributed by atoms with van der Waals surface area (Å²) in [4.78, 5) is 12.7. The first-order valence-electron chi connectivity index (χ1n) is 10.3. The summed E-state index contributed by atoms with van der Waals surface area (Å²) in [7, 11) is 1.49. The second kappa shape index (κ2) is 11.9. The maximum atomic E-state index is 13.1. The molecule has 0 heterocycles. The molecule has 1 N–H and O–H groups in total. The summed E-state index contributed by atoms with van der Waals surface area (Å²) in [6, 6.07) is 18.2. The molecule has 6 nitrogen and oxygen atoms in total. The van der Waals surface area contributed by atoms with Crippen LogP contribution in [-0.4, -0.2) is 19.6 Å². The SMILES string of the molecule is CCOc1cccc(NC(=O)/C(C#N)=C\c2cc(OC)c(OCc3ccc(F)cc3)cc2Br)c1. The van der Waals surface area contributed by atoms with Crippen LogP contribution in [0.3, 0.4) is 0 Å². The standard InChI is InChI=1S/C26H22BrFN2O4/c1-3-33-22-6-4-5-21(13-22)30-26(31)19(15-29)11-18-12-24(32-2)25(14-23(18)27)34-16-17-7-9-20(28)10-8-17/h4-14H,3,16H2,1-2H3,(H,30,31)/b19-11-. The van der Waals surface area contributed by atoms with Gasteiger partial charge >= 0.3 is 0 Å². The highest BCUT2D eigenvalue weighted by Crippen LogP contribution is 2.35. The molecule has 0 aliphatic rings. The van der Waals surface area contributed by atoms with Crippen LogP contribution in [0, 0.1) is 17.1 Å². The number of nitriles is 1. The second-order valence-electron chi connectivity index (χ2n) is 7.02. The van der Waals surface area contributed by atoms with Gasteiger partial charge in [-0.15, -0.1) is 0 Å². The van der Waals surface area contributed by atoms with Crippen molar-refractivity contribution in [2.45, 2.75) is 13.5 Å². The average molecular weight is 525 g/mol. The Balaban J connectivity index is 1.79. The Morgan fingerprint density at radius 2 is 1.88 bits per heavy atom. The molecule has 0 saturated carbocycles. The Bertz CT molecular complexity index is 1240. The summed E-state index contributed by atoms with van der Waals surface area (Å²) in [6.45, 7) is 2.58. The van der Waals surface area contributed by atoms with Crippen molar-refractivity contribution in [1.29, 1.82) is 5.26 Å². The van der Waals surface area contributed by atoms with Crippen LogP contribution in [0.15, 0.2) is 70.7 Å². The number of halogens is 2. The summed E-state index contributed by atoms with van der Waals surface area (Å²) in [6.07, 6.45) is 1.46. The quantitative estimate of drug-likeness (QED) is 0.269. The van der Waals surface area contributed by atoms with E-state index in [2.05, 4.69) is 21.2 Å². The van der Waals surface area contributed by atoms with Gasteiger partial charge in [-0.2, -0.15) is 5.26 Å². The number of hydrogen-bond acceptors (Lipinski definition) is 5. The van der Waals surface area contributed by atoms with Crippen molar-refractivity contribution in [3.63, 3.8) is 0 Å². The number of nitrogens with one attached hydrogen (secondary N) is 1. The largest absolute Gasteiger partial charge is 0.494 e. The number of hydrogen-bond donors (Lipinski definition) is 1. The van der Waals surface area contributed by atoms with Gasteiger partial charge in [-0.1, -0.05) is 34.1 Å². The second-order valence-corrected chi connectivity index (χ2v) is 7.88. The van der Waals surface area contributed by atoms with Gasteiger partial charge < -0.3 is 19.5 Å². The molecular formula is C26H22BrFN2O4. The van der Waals surface area contributed by atoms with Gasteiger partial charge in [0.25, 0.3) is 5.91 Å². The number of methoxy groups -OCH3 is 1. The minimum Gasteiger partial charge on any atom is -0.494 e. The Kier molecular flexibility index (Phi) is 8.66. The fraction of sp³-hybridized carbons (Fsp3) is 0.154. The number of ether oxygens (including phenoxy) is 3. The topological polar surface area (TPSA) is 80.6 Å². The van der Waals surface area contributed by atoms with Gasteiger partial charge in [0.05, 0.1) is 13.7 Å². The van der Waals surface area contributed by atoms with Gasteiger partial charge in [0.1, 0.15) is 29.8 Å². The molecule has 3 rings (SSSR count). The molecule has 0 aromatic heterocycles. The van der Waals surface area contributed by atoms with Crippen molar-refractivity contribution >= 4 is 33.6 Å². The molecule has 0 radical (unpaired) electrons. The summed E-state index contributed by atoms with van der Waals surface area (Å²) < 4.78 is 30.4. The predicted molar refractivity (Wildman–Crippen MR) is 131 cm³/mol. The van der Waals surface area contributed by atoms with E-state index >= 15 is 0 Å². The molecule has 174 valence electrons. The van der Waals surface area contributed by atoms with Crippen LogP contribution in [-0.2, 0) is 11.4 Å². The summed E-state index contributed by atoms with van der Waals surface area (Å²) in [5, 5.41) is 12.3. The van der Waals surface area contributed by atoms with Crippen LogP contribution in [0.1, 0.15) is 18.1 Å². The highest BCUT2D eigenvalue weighted by molar-refractivity contribution is 9.10. The Labute approximate surface area is 205 Å². The number of nitrogens with zero attached hydrogens (tertiary/aromatic N) is 1. The molecule has 0 fully saturated rings. The molecule has 0 unspecified atom stereocenters. The number of amides is 1. The van der Waals surface area contributed by atoms with Crippen molar-refractivity contribution < 1.29 is 23.4 Å². The smallest absolute Gasteiger partial charge is 0.266 e. The van der Waals surface area contributed by atoms with E-state index in [1.54, 1.807) is 48.5 Å². The van der Waals surface area contributed by atoms with Crippen molar-refractivity contribution in [3.05, 3.63) is 87.7 Å². The number of benzene rings is 3. The normalized spacial score (nSPS) is 10.9. The summed E-state index contributed by atoms with van der Waals surface area (Å²) >= 11 is 3.46. The van der Waals surface area contributed by atoms with Crippen LogP contribution in [0.25, 0.3) is 6.08 Å².